The van der Waals surface area contributed by atoms with Gasteiger partial charge < -0.3 is 10.0 Å². The van der Waals surface area contributed by atoms with Crippen LogP contribution in [0.4, 0.5) is 5.69 Å². The van der Waals surface area contributed by atoms with Gasteiger partial charge in [-0.15, -0.1) is 0 Å². The summed E-state index contributed by atoms with van der Waals surface area (Å²) in [4.78, 5) is 16.9. The first-order valence-corrected chi connectivity index (χ1v) is 5.54. The molecule has 1 aromatic rings. The molecule has 0 aromatic carbocycles. The van der Waals surface area contributed by atoms with E-state index < -0.39 is 5.97 Å². The van der Waals surface area contributed by atoms with Crippen molar-refractivity contribution in [3.63, 3.8) is 0 Å². The molecule has 0 saturated carbocycles. The summed E-state index contributed by atoms with van der Waals surface area (Å²) in [6.45, 7) is 1.36. The van der Waals surface area contributed by atoms with E-state index in [-0.39, 0.29) is 5.92 Å². The molecule has 1 N–H and O–H groups in total. The number of pyridine rings is 1. The lowest BCUT2D eigenvalue weighted by Gasteiger charge is -2.17. The molecule has 0 bridgehead atoms. The van der Waals surface area contributed by atoms with E-state index >= 15 is 0 Å². The van der Waals surface area contributed by atoms with E-state index in [1.165, 1.54) is 0 Å². The second-order valence-electron chi connectivity index (χ2n) is 3.63. The molecule has 1 saturated heterocycles. The van der Waals surface area contributed by atoms with Gasteiger partial charge >= 0.3 is 5.97 Å². The maximum absolute atomic E-state index is 10.8. The van der Waals surface area contributed by atoms with Crippen molar-refractivity contribution in [3.05, 3.63) is 22.9 Å². The van der Waals surface area contributed by atoms with Crippen LogP contribution in [0.2, 0.25) is 0 Å². The highest BCUT2D eigenvalue weighted by Crippen LogP contribution is 2.25. The summed E-state index contributed by atoms with van der Waals surface area (Å²) in [6, 6.07) is 1.96. The van der Waals surface area contributed by atoms with E-state index in [2.05, 4.69) is 25.8 Å². The molecule has 2 heterocycles. The first-order chi connectivity index (χ1) is 7.16. The molecule has 0 amide bonds. The quantitative estimate of drug-likeness (QED) is 0.890. The van der Waals surface area contributed by atoms with Crippen molar-refractivity contribution in [2.45, 2.75) is 6.42 Å². The van der Waals surface area contributed by atoms with Gasteiger partial charge in [0.25, 0.3) is 0 Å². The van der Waals surface area contributed by atoms with Crippen LogP contribution in [0, 0.1) is 5.92 Å². The monoisotopic (exact) mass is 270 g/mol. The van der Waals surface area contributed by atoms with Gasteiger partial charge in [-0.2, -0.15) is 0 Å². The van der Waals surface area contributed by atoms with Gasteiger partial charge in [0.1, 0.15) is 0 Å². The summed E-state index contributed by atoms with van der Waals surface area (Å²) in [6.07, 6.45) is 4.19. The van der Waals surface area contributed by atoms with Gasteiger partial charge in [-0.05, 0) is 28.4 Å². The molecule has 15 heavy (non-hydrogen) atoms. The predicted molar refractivity (Wildman–Crippen MR) is 59.9 cm³/mol. The Balaban J connectivity index is 2.11. The summed E-state index contributed by atoms with van der Waals surface area (Å²) < 4.78 is 0.916. The second-order valence-corrected chi connectivity index (χ2v) is 4.55. The van der Waals surface area contributed by atoms with Crippen LogP contribution in [-0.4, -0.2) is 29.1 Å². The third-order valence-electron chi connectivity index (χ3n) is 2.59. The molecular formula is C10H11BrN2O2. The molecule has 1 atom stereocenters. The third kappa shape index (κ3) is 2.28. The van der Waals surface area contributed by atoms with Crippen LogP contribution in [0.3, 0.4) is 0 Å². The molecule has 2 rings (SSSR count). The normalized spacial score (nSPS) is 20.6. The van der Waals surface area contributed by atoms with Crippen LogP contribution in [-0.2, 0) is 4.79 Å². The summed E-state index contributed by atoms with van der Waals surface area (Å²) >= 11 is 3.35. The molecule has 1 fully saturated rings. The zero-order valence-corrected chi connectivity index (χ0v) is 9.64. The number of hydrogen-bond acceptors (Lipinski definition) is 3. The van der Waals surface area contributed by atoms with Crippen molar-refractivity contribution in [3.8, 4) is 0 Å². The minimum Gasteiger partial charge on any atom is -0.481 e. The van der Waals surface area contributed by atoms with Crippen molar-refractivity contribution in [2.75, 3.05) is 18.0 Å². The lowest BCUT2D eigenvalue weighted by Crippen LogP contribution is -2.22. The Morgan fingerprint density at radius 2 is 2.40 bits per heavy atom. The number of carboxylic acids is 1. The maximum atomic E-state index is 10.8. The lowest BCUT2D eigenvalue weighted by atomic mass is 10.1. The predicted octanol–water partition coefficient (Wildman–Crippen LogP) is 1.76. The molecule has 1 aliphatic heterocycles. The summed E-state index contributed by atoms with van der Waals surface area (Å²) in [5.74, 6) is -0.954. The van der Waals surface area contributed by atoms with Gasteiger partial charge in [0.05, 0.1) is 17.8 Å². The molecule has 1 aromatic heterocycles. The zero-order valence-electron chi connectivity index (χ0n) is 8.06. The highest BCUT2D eigenvalue weighted by molar-refractivity contribution is 9.10. The van der Waals surface area contributed by atoms with E-state index in [0.717, 1.165) is 16.7 Å². The van der Waals surface area contributed by atoms with Gasteiger partial charge in [-0.1, -0.05) is 0 Å². The molecule has 0 aliphatic carbocycles. The highest BCUT2D eigenvalue weighted by Gasteiger charge is 2.28. The molecule has 1 unspecified atom stereocenters. The second kappa shape index (κ2) is 4.18. The number of nitrogens with zero attached hydrogens (tertiary/aromatic N) is 2. The van der Waals surface area contributed by atoms with Crippen molar-refractivity contribution in [2.24, 2.45) is 5.92 Å². The Hall–Kier alpha value is -1.10. The van der Waals surface area contributed by atoms with Crippen LogP contribution in [0.15, 0.2) is 22.9 Å². The largest absolute Gasteiger partial charge is 0.481 e. The lowest BCUT2D eigenvalue weighted by molar-refractivity contribution is -0.140. The van der Waals surface area contributed by atoms with Crippen molar-refractivity contribution >= 4 is 27.6 Å². The van der Waals surface area contributed by atoms with Crippen molar-refractivity contribution < 1.29 is 9.90 Å². The smallest absolute Gasteiger partial charge is 0.308 e. The topological polar surface area (TPSA) is 53.4 Å². The highest BCUT2D eigenvalue weighted by atomic mass is 79.9. The molecule has 4 nitrogen and oxygen atoms in total. The zero-order chi connectivity index (χ0) is 10.8. The van der Waals surface area contributed by atoms with E-state index in [0.29, 0.717) is 13.0 Å². The van der Waals surface area contributed by atoms with E-state index in [9.17, 15) is 4.79 Å². The minimum atomic E-state index is -0.708. The molecule has 0 radical (unpaired) electrons. The Morgan fingerprint density at radius 1 is 1.60 bits per heavy atom. The van der Waals surface area contributed by atoms with Crippen LogP contribution in [0.25, 0.3) is 0 Å². The van der Waals surface area contributed by atoms with Gasteiger partial charge in [0.2, 0.25) is 0 Å². The fourth-order valence-electron chi connectivity index (χ4n) is 1.77. The van der Waals surface area contributed by atoms with Gasteiger partial charge in [0.15, 0.2) is 0 Å². The van der Waals surface area contributed by atoms with E-state index in [4.69, 9.17) is 5.11 Å². The summed E-state index contributed by atoms with van der Waals surface area (Å²) in [5.41, 5.74) is 0.980. The standard InChI is InChI=1S/C10H11BrN2O2/c11-8-3-9(5-12-4-8)13-2-1-7(6-13)10(14)15/h3-5,7H,1-2,6H2,(H,14,15). The molecular weight excluding hydrogens is 260 g/mol. The summed E-state index contributed by atoms with van der Waals surface area (Å²) in [7, 11) is 0. The van der Waals surface area contributed by atoms with Crippen LogP contribution in [0.5, 0.6) is 0 Å². The first kappa shape index (κ1) is 10.4. The van der Waals surface area contributed by atoms with E-state index in [1.54, 1.807) is 12.4 Å². The number of carbonyl (C=O) groups is 1. The number of halogens is 1. The van der Waals surface area contributed by atoms with Crippen LogP contribution in [0.1, 0.15) is 6.42 Å². The van der Waals surface area contributed by atoms with Gasteiger partial charge in [0, 0.05) is 23.8 Å². The van der Waals surface area contributed by atoms with Crippen molar-refractivity contribution in [1.29, 1.82) is 0 Å². The third-order valence-corrected chi connectivity index (χ3v) is 3.03. The number of rotatable bonds is 2. The fourth-order valence-corrected chi connectivity index (χ4v) is 2.12. The Kier molecular flexibility index (Phi) is 2.90. The van der Waals surface area contributed by atoms with E-state index in [1.807, 2.05) is 6.07 Å². The maximum Gasteiger partial charge on any atom is 0.308 e. The first-order valence-electron chi connectivity index (χ1n) is 4.75. The van der Waals surface area contributed by atoms with Crippen LogP contribution >= 0.6 is 15.9 Å². The minimum absolute atomic E-state index is 0.246. The average molecular weight is 271 g/mol. The number of anilines is 1. The number of aliphatic carboxylic acids is 1. The van der Waals surface area contributed by atoms with Crippen molar-refractivity contribution in [1.82, 2.24) is 4.98 Å². The van der Waals surface area contributed by atoms with Gasteiger partial charge in [-0.25, -0.2) is 0 Å². The van der Waals surface area contributed by atoms with Gasteiger partial charge in [-0.3, -0.25) is 9.78 Å². The Morgan fingerprint density at radius 3 is 3.00 bits per heavy atom. The molecule has 0 spiro atoms. The molecule has 5 heteroatoms. The Labute approximate surface area is 96.1 Å². The van der Waals surface area contributed by atoms with Crippen LogP contribution < -0.4 is 4.90 Å². The Bertz CT molecular complexity index is 383. The molecule has 80 valence electrons. The molecule has 1 aliphatic rings. The average Bonchev–Trinajstić information content (AvgIpc) is 2.66. The number of hydrogen-bond donors (Lipinski definition) is 1. The number of aromatic nitrogens is 1. The summed E-state index contributed by atoms with van der Waals surface area (Å²) in [5, 5.41) is 8.88. The number of carboxylic acid groups (broad SMARTS) is 1. The SMILES string of the molecule is O=C(O)C1CCN(c2cncc(Br)c2)C1. The fraction of sp³-hybridized carbons (Fsp3) is 0.400.